The monoisotopic (exact) mass is 199 g/mol. The summed E-state index contributed by atoms with van der Waals surface area (Å²) < 4.78 is 3.99. The van der Waals surface area contributed by atoms with Gasteiger partial charge < -0.3 is 15.7 Å². The van der Waals surface area contributed by atoms with Crippen LogP contribution in [0.25, 0.3) is 0 Å². The average Bonchev–Trinajstić information content (AvgIpc) is 2.46. The predicted octanol–water partition coefficient (Wildman–Crippen LogP) is 0.686. The fraction of sp³-hybridized carbons (Fsp3) is 0.625. The smallest absolute Gasteiger partial charge is 0.139 e. The second-order valence-electron chi connectivity index (χ2n) is 3.52. The number of anilines is 2. The Morgan fingerprint density at radius 1 is 1.77 bits per heavy atom. The van der Waals surface area contributed by atoms with Gasteiger partial charge in [0.2, 0.25) is 0 Å². The van der Waals surface area contributed by atoms with Gasteiger partial charge in [-0.1, -0.05) is 6.92 Å². The predicted molar refractivity (Wildman–Crippen MR) is 54.0 cm³/mol. The number of nitrogen functional groups attached to an aromatic ring is 1. The normalized spacial score (nSPS) is 20.0. The van der Waals surface area contributed by atoms with Crippen molar-refractivity contribution in [3.05, 3.63) is 6.07 Å². The third-order valence-corrected chi connectivity index (χ3v) is 3.32. The van der Waals surface area contributed by atoms with Crippen molar-refractivity contribution < 1.29 is 5.11 Å². The number of hydrogen-bond acceptors (Lipinski definition) is 5. The molecule has 0 bridgehead atoms. The zero-order valence-electron chi connectivity index (χ0n) is 7.53. The maximum absolute atomic E-state index is 9.77. The zero-order chi connectivity index (χ0) is 9.47. The standard InChI is InChI=1S/C8H13N3OS/c1-2-8(12)4-11(5-8)7-3-6(9)10-13-7/h3,12H,2,4-5H2,1H3,(H2,9,10). The first-order chi connectivity index (χ1) is 6.13. The van der Waals surface area contributed by atoms with Crippen molar-refractivity contribution in [2.45, 2.75) is 18.9 Å². The van der Waals surface area contributed by atoms with Crippen molar-refractivity contribution in [2.75, 3.05) is 23.7 Å². The molecule has 72 valence electrons. The van der Waals surface area contributed by atoms with Crippen LogP contribution in [0.3, 0.4) is 0 Å². The molecule has 0 radical (unpaired) electrons. The molecule has 1 aromatic rings. The van der Waals surface area contributed by atoms with Crippen LogP contribution < -0.4 is 10.6 Å². The molecule has 5 heteroatoms. The van der Waals surface area contributed by atoms with Gasteiger partial charge in [-0.15, -0.1) is 0 Å². The van der Waals surface area contributed by atoms with Crippen molar-refractivity contribution in [3.63, 3.8) is 0 Å². The number of β-amino-alcohol motifs (C(OH)–C–C–N with tert-alkyl or cyclic N) is 1. The van der Waals surface area contributed by atoms with Gasteiger partial charge in [-0.2, -0.15) is 4.37 Å². The van der Waals surface area contributed by atoms with Gasteiger partial charge in [0, 0.05) is 19.2 Å². The lowest BCUT2D eigenvalue weighted by atomic mass is 9.92. The zero-order valence-corrected chi connectivity index (χ0v) is 8.34. The van der Waals surface area contributed by atoms with Gasteiger partial charge in [-0.05, 0) is 18.0 Å². The van der Waals surface area contributed by atoms with Crippen LogP contribution in [0.4, 0.5) is 10.8 Å². The first-order valence-electron chi connectivity index (χ1n) is 4.32. The SMILES string of the molecule is CCC1(O)CN(c2cc(N)ns2)C1. The lowest BCUT2D eigenvalue weighted by Gasteiger charge is -2.46. The molecule has 1 aromatic heterocycles. The summed E-state index contributed by atoms with van der Waals surface area (Å²) in [6.45, 7) is 3.40. The van der Waals surface area contributed by atoms with E-state index in [1.54, 1.807) is 0 Å². The molecule has 0 aliphatic carbocycles. The molecule has 0 atom stereocenters. The number of aliphatic hydroxyl groups is 1. The topological polar surface area (TPSA) is 62.4 Å². The first-order valence-corrected chi connectivity index (χ1v) is 5.10. The fourth-order valence-electron chi connectivity index (χ4n) is 1.47. The van der Waals surface area contributed by atoms with E-state index in [-0.39, 0.29) is 0 Å². The molecule has 0 amide bonds. The van der Waals surface area contributed by atoms with E-state index in [9.17, 15) is 5.11 Å². The Balaban J connectivity index is 2.01. The fourth-order valence-corrected chi connectivity index (χ4v) is 2.14. The summed E-state index contributed by atoms with van der Waals surface area (Å²) in [7, 11) is 0. The minimum Gasteiger partial charge on any atom is -0.386 e. The third kappa shape index (κ3) is 1.49. The molecule has 0 unspecified atom stereocenters. The molecule has 1 saturated heterocycles. The maximum atomic E-state index is 9.77. The van der Waals surface area contributed by atoms with Crippen LogP contribution >= 0.6 is 11.5 Å². The molecular weight excluding hydrogens is 186 g/mol. The molecular formula is C8H13N3OS. The minimum absolute atomic E-state index is 0.487. The summed E-state index contributed by atoms with van der Waals surface area (Å²) in [4.78, 5) is 2.09. The molecule has 4 nitrogen and oxygen atoms in total. The van der Waals surface area contributed by atoms with Gasteiger partial charge in [0.1, 0.15) is 10.8 Å². The summed E-state index contributed by atoms with van der Waals surface area (Å²) in [5.41, 5.74) is 5.02. The Morgan fingerprint density at radius 2 is 2.46 bits per heavy atom. The van der Waals surface area contributed by atoms with Crippen molar-refractivity contribution in [1.82, 2.24) is 4.37 Å². The molecule has 1 fully saturated rings. The number of rotatable bonds is 2. The van der Waals surface area contributed by atoms with Gasteiger partial charge in [0.25, 0.3) is 0 Å². The Kier molecular flexibility index (Phi) is 1.92. The van der Waals surface area contributed by atoms with Crippen LogP contribution in [0.15, 0.2) is 6.07 Å². The van der Waals surface area contributed by atoms with E-state index in [2.05, 4.69) is 9.27 Å². The summed E-state index contributed by atoms with van der Waals surface area (Å²) in [5.74, 6) is 0.562. The molecule has 1 aliphatic heterocycles. The summed E-state index contributed by atoms with van der Waals surface area (Å²) >= 11 is 1.38. The molecule has 2 rings (SSSR count). The Labute approximate surface area is 81.1 Å². The van der Waals surface area contributed by atoms with E-state index in [0.717, 1.165) is 11.4 Å². The Bertz CT molecular complexity index is 306. The van der Waals surface area contributed by atoms with E-state index in [1.165, 1.54) is 11.5 Å². The van der Waals surface area contributed by atoms with Crippen LogP contribution in [0, 0.1) is 0 Å². The highest BCUT2D eigenvalue weighted by Gasteiger charge is 2.40. The van der Waals surface area contributed by atoms with Crippen LogP contribution in [0.5, 0.6) is 0 Å². The largest absolute Gasteiger partial charge is 0.386 e. The Hall–Kier alpha value is -0.810. The number of hydrogen-bond donors (Lipinski definition) is 2. The second kappa shape index (κ2) is 2.85. The maximum Gasteiger partial charge on any atom is 0.139 e. The van der Waals surface area contributed by atoms with Crippen LogP contribution in [0.2, 0.25) is 0 Å². The van der Waals surface area contributed by atoms with E-state index in [1.807, 2.05) is 13.0 Å². The average molecular weight is 199 g/mol. The highest BCUT2D eigenvalue weighted by Crippen LogP contribution is 2.33. The van der Waals surface area contributed by atoms with E-state index < -0.39 is 5.60 Å². The van der Waals surface area contributed by atoms with Crippen molar-refractivity contribution in [1.29, 1.82) is 0 Å². The van der Waals surface area contributed by atoms with Crippen LogP contribution in [-0.4, -0.2) is 28.2 Å². The van der Waals surface area contributed by atoms with Crippen molar-refractivity contribution >= 4 is 22.4 Å². The molecule has 0 saturated carbocycles. The van der Waals surface area contributed by atoms with Gasteiger partial charge in [-0.25, -0.2) is 0 Å². The minimum atomic E-state index is -0.487. The van der Waals surface area contributed by atoms with Gasteiger partial charge in [0.15, 0.2) is 0 Å². The highest BCUT2D eigenvalue weighted by molar-refractivity contribution is 7.10. The second-order valence-corrected chi connectivity index (χ2v) is 4.31. The third-order valence-electron chi connectivity index (χ3n) is 2.46. The van der Waals surface area contributed by atoms with Crippen molar-refractivity contribution in [3.8, 4) is 0 Å². The molecule has 3 N–H and O–H groups in total. The van der Waals surface area contributed by atoms with Gasteiger partial charge >= 0.3 is 0 Å². The molecule has 2 heterocycles. The molecule has 0 spiro atoms. The van der Waals surface area contributed by atoms with E-state index in [4.69, 9.17) is 5.73 Å². The summed E-state index contributed by atoms with van der Waals surface area (Å²) in [5, 5.41) is 10.8. The number of nitrogens with zero attached hydrogens (tertiary/aromatic N) is 2. The first kappa shape index (κ1) is 8.77. The quantitative estimate of drug-likeness (QED) is 0.735. The van der Waals surface area contributed by atoms with Crippen molar-refractivity contribution in [2.24, 2.45) is 0 Å². The number of nitrogens with two attached hydrogens (primary N) is 1. The molecule has 1 aliphatic rings. The van der Waals surface area contributed by atoms with Gasteiger partial charge in [0.05, 0.1) is 5.60 Å². The van der Waals surface area contributed by atoms with Crippen LogP contribution in [-0.2, 0) is 0 Å². The van der Waals surface area contributed by atoms with E-state index >= 15 is 0 Å². The van der Waals surface area contributed by atoms with Crippen LogP contribution in [0.1, 0.15) is 13.3 Å². The lowest BCUT2D eigenvalue weighted by Crippen LogP contribution is -2.61. The molecule has 13 heavy (non-hydrogen) atoms. The Morgan fingerprint density at radius 3 is 2.92 bits per heavy atom. The van der Waals surface area contributed by atoms with E-state index in [0.29, 0.717) is 18.9 Å². The summed E-state index contributed by atoms with van der Waals surface area (Å²) in [6.07, 6.45) is 0.803. The highest BCUT2D eigenvalue weighted by atomic mass is 32.1. The number of aromatic nitrogens is 1. The van der Waals surface area contributed by atoms with Gasteiger partial charge in [-0.3, -0.25) is 0 Å². The lowest BCUT2D eigenvalue weighted by molar-refractivity contribution is 0.00893. The summed E-state index contributed by atoms with van der Waals surface area (Å²) in [6, 6.07) is 1.85. The molecule has 0 aromatic carbocycles.